The molecule has 0 N–H and O–H groups in total. The van der Waals surface area contributed by atoms with Crippen molar-refractivity contribution < 1.29 is 27.2 Å². The molecule has 0 bridgehead atoms. The number of halogens is 5. The van der Waals surface area contributed by atoms with Gasteiger partial charge in [-0.25, -0.2) is 17.6 Å². The summed E-state index contributed by atoms with van der Waals surface area (Å²) in [5, 5.41) is -0.0256. The lowest BCUT2D eigenvalue weighted by Gasteiger charge is -2.35. The van der Waals surface area contributed by atoms with Crippen molar-refractivity contribution in [3.05, 3.63) is 69.8 Å². The van der Waals surface area contributed by atoms with Crippen molar-refractivity contribution in [3.8, 4) is 0 Å². The van der Waals surface area contributed by atoms with Gasteiger partial charge in [0.1, 0.15) is 5.82 Å². The van der Waals surface area contributed by atoms with Crippen LogP contribution in [0.1, 0.15) is 20.7 Å². The zero-order valence-corrected chi connectivity index (χ0v) is 14.6. The van der Waals surface area contributed by atoms with Crippen molar-refractivity contribution in [2.75, 3.05) is 26.2 Å². The maximum Gasteiger partial charge on any atom is 0.258 e. The molecule has 4 nitrogen and oxygen atoms in total. The highest BCUT2D eigenvalue weighted by Crippen LogP contribution is 2.22. The van der Waals surface area contributed by atoms with E-state index in [0.717, 1.165) is 12.1 Å². The number of nitrogens with zero attached hydrogens (tertiary/aromatic N) is 2. The molecule has 0 aromatic heterocycles. The van der Waals surface area contributed by atoms with E-state index in [1.54, 1.807) is 0 Å². The minimum absolute atomic E-state index is 0.0229. The predicted octanol–water partition coefficient (Wildman–Crippen LogP) is 3.49. The average molecular weight is 401 g/mol. The Labute approximate surface area is 156 Å². The van der Waals surface area contributed by atoms with Crippen LogP contribution >= 0.6 is 11.6 Å². The molecule has 142 valence electrons. The predicted molar refractivity (Wildman–Crippen MR) is 89.5 cm³/mol. The Morgan fingerprint density at radius 1 is 0.778 bits per heavy atom. The quantitative estimate of drug-likeness (QED) is 0.572. The number of rotatable bonds is 2. The third-order valence-corrected chi connectivity index (χ3v) is 4.61. The summed E-state index contributed by atoms with van der Waals surface area (Å²) in [5.74, 6) is -6.86. The minimum Gasteiger partial charge on any atom is -0.335 e. The van der Waals surface area contributed by atoms with E-state index in [1.165, 1.54) is 21.9 Å². The van der Waals surface area contributed by atoms with Crippen molar-refractivity contribution in [2.45, 2.75) is 0 Å². The molecule has 1 fully saturated rings. The van der Waals surface area contributed by atoms with Crippen LogP contribution in [-0.2, 0) is 0 Å². The van der Waals surface area contributed by atoms with Crippen molar-refractivity contribution in [1.82, 2.24) is 9.80 Å². The van der Waals surface area contributed by atoms with Gasteiger partial charge in [-0.1, -0.05) is 17.7 Å². The van der Waals surface area contributed by atoms with E-state index in [4.69, 9.17) is 11.6 Å². The van der Waals surface area contributed by atoms with Gasteiger partial charge in [-0.2, -0.15) is 0 Å². The molecule has 9 heteroatoms. The molecule has 2 aromatic carbocycles. The van der Waals surface area contributed by atoms with E-state index in [2.05, 4.69) is 0 Å². The second-order valence-electron chi connectivity index (χ2n) is 5.90. The van der Waals surface area contributed by atoms with Crippen LogP contribution in [0.5, 0.6) is 0 Å². The molecule has 2 amide bonds. The molecule has 0 radical (unpaired) electrons. The van der Waals surface area contributed by atoms with Crippen LogP contribution in [0.4, 0.5) is 17.6 Å². The van der Waals surface area contributed by atoms with Crippen LogP contribution in [0.3, 0.4) is 0 Å². The van der Waals surface area contributed by atoms with Gasteiger partial charge in [-0.05, 0) is 24.3 Å². The molecule has 1 aliphatic rings. The Morgan fingerprint density at radius 2 is 1.37 bits per heavy atom. The molecule has 1 aliphatic heterocycles. The summed E-state index contributed by atoms with van der Waals surface area (Å²) in [5.41, 5.74) is -0.851. The second-order valence-corrected chi connectivity index (χ2v) is 6.31. The zero-order valence-electron chi connectivity index (χ0n) is 13.8. The number of hydrogen-bond acceptors (Lipinski definition) is 2. The Hall–Kier alpha value is -2.61. The highest BCUT2D eigenvalue weighted by molar-refractivity contribution is 6.33. The zero-order chi connectivity index (χ0) is 19.7. The van der Waals surface area contributed by atoms with Crippen LogP contribution in [0.2, 0.25) is 5.02 Å². The summed E-state index contributed by atoms with van der Waals surface area (Å²) in [4.78, 5) is 27.3. The lowest BCUT2D eigenvalue weighted by atomic mass is 10.1. The SMILES string of the molecule is O=C(c1ccc(F)c(F)c1F)N1CCN(C(=O)c2c(F)cccc2Cl)CC1. The summed E-state index contributed by atoms with van der Waals surface area (Å²) in [6.07, 6.45) is 0. The molecule has 3 rings (SSSR count). The van der Waals surface area contributed by atoms with Gasteiger partial charge < -0.3 is 9.80 Å². The molecule has 0 saturated carbocycles. The fourth-order valence-electron chi connectivity index (χ4n) is 2.83. The van der Waals surface area contributed by atoms with Crippen LogP contribution in [-0.4, -0.2) is 47.8 Å². The Bertz CT molecular complexity index is 894. The molecule has 0 atom stereocenters. The van der Waals surface area contributed by atoms with E-state index < -0.39 is 40.6 Å². The number of benzene rings is 2. The first kappa shape index (κ1) is 19.2. The number of carbonyl (C=O) groups excluding carboxylic acids is 2. The molecule has 1 heterocycles. The molecule has 27 heavy (non-hydrogen) atoms. The largest absolute Gasteiger partial charge is 0.335 e. The van der Waals surface area contributed by atoms with Crippen molar-refractivity contribution in [1.29, 1.82) is 0 Å². The van der Waals surface area contributed by atoms with E-state index >= 15 is 0 Å². The highest BCUT2D eigenvalue weighted by atomic mass is 35.5. The number of amides is 2. The van der Waals surface area contributed by atoms with Crippen molar-refractivity contribution >= 4 is 23.4 Å². The number of carbonyl (C=O) groups is 2. The van der Waals surface area contributed by atoms with Gasteiger partial charge in [0.2, 0.25) is 0 Å². The van der Waals surface area contributed by atoms with Gasteiger partial charge in [0.05, 0.1) is 16.1 Å². The fraction of sp³-hybridized carbons (Fsp3) is 0.222. The second kappa shape index (κ2) is 7.56. The summed E-state index contributed by atoms with van der Waals surface area (Å²) < 4.78 is 54.0. The van der Waals surface area contributed by atoms with Gasteiger partial charge in [0.25, 0.3) is 11.8 Å². The van der Waals surface area contributed by atoms with E-state index in [-0.39, 0.29) is 36.8 Å². The summed E-state index contributed by atoms with van der Waals surface area (Å²) in [6.45, 7) is 0.158. The topological polar surface area (TPSA) is 40.6 Å². The third-order valence-electron chi connectivity index (χ3n) is 4.30. The van der Waals surface area contributed by atoms with Gasteiger partial charge in [-0.3, -0.25) is 9.59 Å². The van der Waals surface area contributed by atoms with Gasteiger partial charge >= 0.3 is 0 Å². The molecular weight excluding hydrogens is 388 g/mol. The molecule has 2 aromatic rings. The molecule has 1 saturated heterocycles. The minimum atomic E-state index is -1.72. The van der Waals surface area contributed by atoms with E-state index in [0.29, 0.717) is 6.07 Å². The number of piperazine rings is 1. The number of hydrogen-bond donors (Lipinski definition) is 0. The van der Waals surface area contributed by atoms with Crippen molar-refractivity contribution in [2.24, 2.45) is 0 Å². The normalized spacial score (nSPS) is 14.4. The summed E-state index contributed by atoms with van der Waals surface area (Å²) >= 11 is 5.89. The first-order valence-corrected chi connectivity index (χ1v) is 8.35. The van der Waals surface area contributed by atoms with Gasteiger partial charge in [0, 0.05) is 26.2 Å². The maximum atomic E-state index is 13.9. The van der Waals surface area contributed by atoms with Crippen molar-refractivity contribution in [3.63, 3.8) is 0 Å². The van der Waals surface area contributed by atoms with Crippen LogP contribution in [0.15, 0.2) is 30.3 Å². The molecular formula is C18H13ClF4N2O2. The fourth-order valence-corrected chi connectivity index (χ4v) is 3.08. The smallest absolute Gasteiger partial charge is 0.258 e. The lowest BCUT2D eigenvalue weighted by molar-refractivity contribution is 0.0529. The van der Waals surface area contributed by atoms with Crippen LogP contribution in [0, 0.1) is 23.3 Å². The van der Waals surface area contributed by atoms with E-state index in [1.807, 2.05) is 0 Å². The highest BCUT2D eigenvalue weighted by Gasteiger charge is 2.29. The van der Waals surface area contributed by atoms with Gasteiger partial charge in [-0.15, -0.1) is 0 Å². The monoisotopic (exact) mass is 400 g/mol. The molecule has 0 spiro atoms. The Kier molecular flexibility index (Phi) is 5.36. The molecule has 0 unspecified atom stereocenters. The van der Waals surface area contributed by atoms with Crippen LogP contribution in [0.25, 0.3) is 0 Å². The Balaban J connectivity index is 1.71. The third kappa shape index (κ3) is 3.62. The van der Waals surface area contributed by atoms with E-state index in [9.17, 15) is 27.2 Å². The summed E-state index contributed by atoms with van der Waals surface area (Å²) in [7, 11) is 0. The maximum absolute atomic E-state index is 13.9. The Morgan fingerprint density at radius 3 is 1.96 bits per heavy atom. The van der Waals surface area contributed by atoms with Gasteiger partial charge in [0.15, 0.2) is 17.5 Å². The van der Waals surface area contributed by atoms with Crippen LogP contribution < -0.4 is 0 Å². The summed E-state index contributed by atoms with van der Waals surface area (Å²) in [6, 6.07) is 5.42. The lowest BCUT2D eigenvalue weighted by Crippen LogP contribution is -2.51. The standard InChI is InChI=1S/C18H13ClF4N2O2/c19-11-2-1-3-12(20)14(11)18(27)25-8-6-24(7-9-25)17(26)10-4-5-13(21)16(23)15(10)22/h1-5H,6-9H2. The first-order valence-electron chi connectivity index (χ1n) is 7.97. The first-order chi connectivity index (χ1) is 12.8. The average Bonchev–Trinajstić information content (AvgIpc) is 2.65. The molecule has 0 aliphatic carbocycles.